The highest BCUT2D eigenvalue weighted by molar-refractivity contribution is 5.85. The standard InChI is InChI=1S/C16H27N3O2/c1-21-11-5-8-15(17)16(20)12-13-9-10-19(18-13)14-6-3-2-4-7-14/h9-10,14-15H,2-8,11-12,17H2,1H3. The normalized spacial score (nSPS) is 17.8. The second-order valence-corrected chi connectivity index (χ2v) is 5.96. The maximum absolute atomic E-state index is 12.1. The summed E-state index contributed by atoms with van der Waals surface area (Å²) in [6.45, 7) is 0.650. The Kier molecular flexibility index (Phi) is 6.39. The number of Topliss-reactive ketones (excluding diaryl/α,β-unsaturated/α-hetero) is 1. The topological polar surface area (TPSA) is 70.1 Å². The number of rotatable bonds is 8. The quantitative estimate of drug-likeness (QED) is 0.746. The van der Waals surface area contributed by atoms with E-state index in [0.29, 0.717) is 25.5 Å². The van der Waals surface area contributed by atoms with Gasteiger partial charge in [-0.25, -0.2) is 0 Å². The fourth-order valence-corrected chi connectivity index (χ4v) is 2.94. The third-order valence-electron chi connectivity index (χ3n) is 4.24. The summed E-state index contributed by atoms with van der Waals surface area (Å²) in [7, 11) is 1.66. The van der Waals surface area contributed by atoms with Gasteiger partial charge >= 0.3 is 0 Å². The number of aromatic nitrogens is 2. The van der Waals surface area contributed by atoms with Crippen molar-refractivity contribution in [2.75, 3.05) is 13.7 Å². The van der Waals surface area contributed by atoms with Gasteiger partial charge in [-0.2, -0.15) is 5.10 Å². The summed E-state index contributed by atoms with van der Waals surface area (Å²) >= 11 is 0. The fraction of sp³-hybridized carbons (Fsp3) is 0.750. The van der Waals surface area contributed by atoms with E-state index in [1.54, 1.807) is 7.11 Å². The van der Waals surface area contributed by atoms with Crippen molar-refractivity contribution in [3.63, 3.8) is 0 Å². The molecule has 0 radical (unpaired) electrons. The lowest BCUT2D eigenvalue weighted by Gasteiger charge is -2.21. The van der Waals surface area contributed by atoms with Crippen molar-refractivity contribution < 1.29 is 9.53 Å². The first-order valence-electron chi connectivity index (χ1n) is 8.02. The molecule has 5 heteroatoms. The van der Waals surface area contributed by atoms with Crippen LogP contribution >= 0.6 is 0 Å². The molecule has 1 aliphatic rings. The lowest BCUT2D eigenvalue weighted by Crippen LogP contribution is -2.32. The van der Waals surface area contributed by atoms with E-state index < -0.39 is 6.04 Å². The molecule has 0 bridgehead atoms. The number of hydrogen-bond acceptors (Lipinski definition) is 4. The molecular formula is C16H27N3O2. The molecule has 1 aromatic rings. The molecule has 0 aromatic carbocycles. The van der Waals surface area contributed by atoms with Crippen LogP contribution in [0.25, 0.3) is 0 Å². The average Bonchev–Trinajstić information content (AvgIpc) is 2.97. The lowest BCUT2D eigenvalue weighted by molar-refractivity contribution is -0.119. The van der Waals surface area contributed by atoms with Crippen LogP contribution in [0.4, 0.5) is 0 Å². The highest BCUT2D eigenvalue weighted by atomic mass is 16.5. The fourth-order valence-electron chi connectivity index (χ4n) is 2.94. The average molecular weight is 293 g/mol. The predicted octanol–water partition coefficient (Wildman–Crippen LogP) is 2.25. The molecule has 2 rings (SSSR count). The summed E-state index contributed by atoms with van der Waals surface area (Å²) in [6.07, 6.45) is 10.1. The Hall–Kier alpha value is -1.20. The Labute approximate surface area is 126 Å². The van der Waals surface area contributed by atoms with Crippen LogP contribution in [0, 0.1) is 0 Å². The minimum absolute atomic E-state index is 0.0694. The van der Waals surface area contributed by atoms with E-state index >= 15 is 0 Å². The highest BCUT2D eigenvalue weighted by Gasteiger charge is 2.18. The molecule has 1 aliphatic carbocycles. The second-order valence-electron chi connectivity index (χ2n) is 5.96. The van der Waals surface area contributed by atoms with Crippen LogP contribution in [-0.4, -0.2) is 35.3 Å². The van der Waals surface area contributed by atoms with Gasteiger partial charge in [0, 0.05) is 19.9 Å². The minimum atomic E-state index is -0.403. The number of methoxy groups -OCH3 is 1. The molecule has 1 aromatic heterocycles. The number of nitrogens with two attached hydrogens (primary N) is 1. The lowest BCUT2D eigenvalue weighted by atomic mass is 9.96. The van der Waals surface area contributed by atoms with Gasteiger partial charge in [-0.15, -0.1) is 0 Å². The van der Waals surface area contributed by atoms with E-state index in [1.807, 2.05) is 16.9 Å². The minimum Gasteiger partial charge on any atom is -0.385 e. The molecule has 0 spiro atoms. The van der Waals surface area contributed by atoms with Crippen LogP contribution in [0.3, 0.4) is 0 Å². The van der Waals surface area contributed by atoms with Crippen LogP contribution in [0.5, 0.6) is 0 Å². The molecular weight excluding hydrogens is 266 g/mol. The monoisotopic (exact) mass is 293 g/mol. The number of carbonyl (C=O) groups excluding carboxylic acids is 1. The molecule has 1 atom stereocenters. The first-order chi connectivity index (χ1) is 10.2. The van der Waals surface area contributed by atoms with Crippen molar-refractivity contribution in [1.82, 2.24) is 9.78 Å². The molecule has 0 aliphatic heterocycles. The van der Waals surface area contributed by atoms with Gasteiger partial charge in [-0.05, 0) is 31.7 Å². The van der Waals surface area contributed by atoms with Gasteiger partial charge in [0.2, 0.25) is 0 Å². The van der Waals surface area contributed by atoms with E-state index in [9.17, 15) is 4.79 Å². The molecule has 1 saturated carbocycles. The molecule has 118 valence electrons. The van der Waals surface area contributed by atoms with Gasteiger partial charge in [-0.1, -0.05) is 19.3 Å². The van der Waals surface area contributed by atoms with Crippen molar-refractivity contribution in [2.45, 2.75) is 63.5 Å². The smallest absolute Gasteiger partial charge is 0.155 e. The number of carbonyl (C=O) groups is 1. The molecule has 1 heterocycles. The predicted molar refractivity (Wildman–Crippen MR) is 82.1 cm³/mol. The molecule has 2 N–H and O–H groups in total. The molecule has 5 nitrogen and oxygen atoms in total. The van der Waals surface area contributed by atoms with Crippen molar-refractivity contribution in [3.05, 3.63) is 18.0 Å². The number of nitrogens with zero attached hydrogens (tertiary/aromatic N) is 2. The summed E-state index contributed by atoms with van der Waals surface area (Å²) in [6, 6.07) is 2.06. The Morgan fingerprint density at radius 1 is 1.48 bits per heavy atom. The molecule has 0 amide bonds. The first kappa shape index (κ1) is 16.2. The Morgan fingerprint density at radius 3 is 2.95 bits per heavy atom. The summed E-state index contributed by atoms with van der Waals surface area (Å²) in [5, 5.41) is 4.57. The summed E-state index contributed by atoms with van der Waals surface area (Å²) < 4.78 is 7.02. The van der Waals surface area contributed by atoms with Crippen LogP contribution in [0.15, 0.2) is 12.3 Å². The zero-order valence-electron chi connectivity index (χ0n) is 13.0. The van der Waals surface area contributed by atoms with Gasteiger partial charge in [-0.3, -0.25) is 9.48 Å². The molecule has 1 unspecified atom stereocenters. The van der Waals surface area contributed by atoms with E-state index in [-0.39, 0.29) is 5.78 Å². The van der Waals surface area contributed by atoms with Crippen LogP contribution in [0.2, 0.25) is 0 Å². The first-order valence-corrected chi connectivity index (χ1v) is 8.02. The summed E-state index contributed by atoms with van der Waals surface area (Å²) in [5.74, 6) is 0.0694. The zero-order chi connectivity index (χ0) is 15.1. The van der Waals surface area contributed by atoms with E-state index in [0.717, 1.165) is 12.1 Å². The second kappa shape index (κ2) is 8.29. The van der Waals surface area contributed by atoms with Gasteiger partial charge in [0.25, 0.3) is 0 Å². The van der Waals surface area contributed by atoms with Gasteiger partial charge < -0.3 is 10.5 Å². The van der Waals surface area contributed by atoms with Gasteiger partial charge in [0.05, 0.1) is 24.2 Å². The maximum atomic E-state index is 12.1. The van der Waals surface area contributed by atoms with Crippen molar-refractivity contribution in [2.24, 2.45) is 5.73 Å². The number of hydrogen-bond donors (Lipinski definition) is 1. The van der Waals surface area contributed by atoms with Crippen LogP contribution in [-0.2, 0) is 16.0 Å². The van der Waals surface area contributed by atoms with Crippen LogP contribution < -0.4 is 5.73 Å². The van der Waals surface area contributed by atoms with Gasteiger partial charge in [0.1, 0.15) is 0 Å². The van der Waals surface area contributed by atoms with Crippen molar-refractivity contribution in [3.8, 4) is 0 Å². The third-order valence-corrected chi connectivity index (χ3v) is 4.24. The Morgan fingerprint density at radius 2 is 2.24 bits per heavy atom. The van der Waals surface area contributed by atoms with E-state index in [2.05, 4.69) is 5.10 Å². The molecule has 0 saturated heterocycles. The van der Waals surface area contributed by atoms with Crippen molar-refractivity contribution >= 4 is 5.78 Å². The van der Waals surface area contributed by atoms with Crippen LogP contribution in [0.1, 0.15) is 56.7 Å². The Bertz CT molecular complexity index is 438. The number of ketones is 1. The molecule has 1 fully saturated rings. The zero-order valence-corrected chi connectivity index (χ0v) is 13.0. The molecule has 21 heavy (non-hydrogen) atoms. The van der Waals surface area contributed by atoms with E-state index in [4.69, 9.17) is 10.5 Å². The van der Waals surface area contributed by atoms with E-state index in [1.165, 1.54) is 32.1 Å². The number of ether oxygens (including phenoxy) is 1. The van der Waals surface area contributed by atoms with Crippen molar-refractivity contribution in [1.29, 1.82) is 0 Å². The summed E-state index contributed by atoms with van der Waals surface area (Å²) in [5.41, 5.74) is 6.76. The largest absolute Gasteiger partial charge is 0.385 e. The van der Waals surface area contributed by atoms with Gasteiger partial charge in [0.15, 0.2) is 5.78 Å². The Balaban J connectivity index is 1.82. The summed E-state index contributed by atoms with van der Waals surface area (Å²) in [4.78, 5) is 12.1. The SMILES string of the molecule is COCCCC(N)C(=O)Cc1ccn(C2CCCCC2)n1. The maximum Gasteiger partial charge on any atom is 0.155 e. The highest BCUT2D eigenvalue weighted by Crippen LogP contribution is 2.27. The third kappa shape index (κ3) is 4.93.